The van der Waals surface area contributed by atoms with Crippen LogP contribution < -0.4 is 24.8 Å². The van der Waals surface area contributed by atoms with E-state index in [9.17, 15) is 19.5 Å². The summed E-state index contributed by atoms with van der Waals surface area (Å²) in [7, 11) is 0. The molecule has 8 rings (SSSR count). The summed E-state index contributed by atoms with van der Waals surface area (Å²) in [5, 5.41) is 16.9. The highest BCUT2D eigenvalue weighted by atomic mass is 35.5. The Labute approximate surface area is 363 Å². The fraction of sp³-hybridized carbons (Fsp3) is 0.208. The van der Waals surface area contributed by atoms with Crippen LogP contribution in [0.5, 0.6) is 17.2 Å². The molecule has 0 saturated carbocycles. The molecule has 3 amide bonds. The van der Waals surface area contributed by atoms with Gasteiger partial charge >= 0.3 is 12.0 Å². The highest BCUT2D eigenvalue weighted by Gasteiger charge is 2.38. The maximum atomic E-state index is 14.2. The fourth-order valence-electron chi connectivity index (χ4n) is 7.58. The number of aromatic nitrogens is 1. The monoisotopic (exact) mass is 856 g/mol. The third-order valence-electron chi connectivity index (χ3n) is 10.9. The summed E-state index contributed by atoms with van der Waals surface area (Å²) < 4.78 is 18.7. The summed E-state index contributed by atoms with van der Waals surface area (Å²) >= 11 is 12.2. The lowest BCUT2D eigenvalue weighted by Crippen LogP contribution is -2.56. The summed E-state index contributed by atoms with van der Waals surface area (Å²) in [6.07, 6.45) is 3.27. The van der Waals surface area contributed by atoms with Crippen molar-refractivity contribution >= 4 is 46.8 Å². The molecule has 61 heavy (non-hydrogen) atoms. The topological polar surface area (TPSA) is 139 Å². The van der Waals surface area contributed by atoms with Crippen molar-refractivity contribution in [2.75, 3.05) is 11.9 Å². The van der Waals surface area contributed by atoms with Gasteiger partial charge in [-0.3, -0.25) is 9.78 Å². The number of nitrogens with one attached hydrogen (secondary N) is 2. The molecule has 2 aliphatic heterocycles. The van der Waals surface area contributed by atoms with Gasteiger partial charge in [0.05, 0.1) is 10.0 Å². The summed E-state index contributed by atoms with van der Waals surface area (Å²) in [4.78, 5) is 46.4. The van der Waals surface area contributed by atoms with Crippen LogP contribution in [-0.4, -0.2) is 51.6 Å². The molecule has 13 heteroatoms. The van der Waals surface area contributed by atoms with Crippen LogP contribution in [0.4, 0.5) is 10.5 Å². The van der Waals surface area contributed by atoms with E-state index >= 15 is 0 Å². The molecule has 0 unspecified atom stereocenters. The molecule has 0 aliphatic carbocycles. The van der Waals surface area contributed by atoms with E-state index in [2.05, 4.69) is 15.6 Å². The number of carbonyl (C=O) groups excluding carboxylic acids is 2. The van der Waals surface area contributed by atoms with Crippen LogP contribution in [0, 0.1) is 13.8 Å². The van der Waals surface area contributed by atoms with Crippen LogP contribution in [0.3, 0.4) is 0 Å². The average Bonchev–Trinajstić information content (AvgIpc) is 3.25. The van der Waals surface area contributed by atoms with E-state index in [1.165, 1.54) is 4.90 Å². The number of hydrogen-bond donors (Lipinski definition) is 3. The Balaban J connectivity index is 0.986. The number of carboxylic acid groups (broad SMARTS) is 1. The molecule has 5 aromatic carbocycles. The van der Waals surface area contributed by atoms with Gasteiger partial charge in [-0.1, -0.05) is 77.8 Å². The molecular weight excluding hydrogens is 815 g/mol. The number of anilines is 1. The van der Waals surface area contributed by atoms with Crippen molar-refractivity contribution < 1.29 is 33.7 Å². The van der Waals surface area contributed by atoms with Gasteiger partial charge < -0.3 is 34.9 Å². The molecule has 1 aromatic heterocycles. The number of fused-ring (bicyclic) bond motifs is 2. The third kappa shape index (κ3) is 9.59. The number of carbonyl (C=O) groups is 3. The molecule has 0 fully saturated rings. The maximum absolute atomic E-state index is 14.2. The van der Waals surface area contributed by atoms with Gasteiger partial charge in [0.25, 0.3) is 0 Å². The second-order valence-electron chi connectivity index (χ2n) is 15.2. The first-order valence-electron chi connectivity index (χ1n) is 19.8. The quantitative estimate of drug-likeness (QED) is 0.117. The minimum Gasteiger partial charge on any atom is -0.489 e. The average molecular weight is 858 g/mol. The molecule has 2 aliphatic rings. The first-order valence-corrected chi connectivity index (χ1v) is 20.5. The van der Waals surface area contributed by atoms with Crippen LogP contribution in [0.2, 0.25) is 10.0 Å². The molecule has 0 bridgehead atoms. The Morgan fingerprint density at radius 2 is 1.66 bits per heavy atom. The van der Waals surface area contributed by atoms with E-state index in [0.717, 1.165) is 50.1 Å². The summed E-state index contributed by atoms with van der Waals surface area (Å²) in [6, 6.07) is 30.7. The van der Waals surface area contributed by atoms with Crippen molar-refractivity contribution in [2.24, 2.45) is 0 Å². The van der Waals surface area contributed by atoms with E-state index in [-0.39, 0.29) is 26.0 Å². The number of aryl methyl sites for hydroxylation is 2. The number of carboxylic acids is 1. The number of rotatable bonds is 11. The van der Waals surface area contributed by atoms with Crippen molar-refractivity contribution in [1.29, 1.82) is 0 Å². The van der Waals surface area contributed by atoms with Crippen LogP contribution in [0.25, 0.3) is 11.1 Å². The fourth-order valence-corrected chi connectivity index (χ4v) is 7.90. The zero-order chi connectivity index (χ0) is 42.6. The predicted molar refractivity (Wildman–Crippen MR) is 233 cm³/mol. The molecule has 3 N–H and O–H groups in total. The molecule has 0 spiro atoms. The number of aliphatic carboxylic acids is 1. The number of benzene rings is 5. The van der Waals surface area contributed by atoms with Crippen molar-refractivity contribution in [1.82, 2.24) is 15.2 Å². The minimum absolute atomic E-state index is 0.0454. The van der Waals surface area contributed by atoms with E-state index < -0.39 is 36.1 Å². The van der Waals surface area contributed by atoms with Gasteiger partial charge in [-0.15, -0.1) is 0 Å². The summed E-state index contributed by atoms with van der Waals surface area (Å²) in [6.45, 7) is 4.52. The van der Waals surface area contributed by atoms with Gasteiger partial charge in [0, 0.05) is 37.5 Å². The lowest BCUT2D eigenvalue weighted by Gasteiger charge is -2.37. The Hall–Kier alpha value is -6.56. The van der Waals surface area contributed by atoms with Crippen molar-refractivity contribution in [3.8, 4) is 28.4 Å². The zero-order valence-corrected chi connectivity index (χ0v) is 34.9. The first-order chi connectivity index (χ1) is 29.5. The molecule has 11 nitrogen and oxygen atoms in total. The van der Waals surface area contributed by atoms with Crippen molar-refractivity contribution in [2.45, 2.75) is 58.0 Å². The van der Waals surface area contributed by atoms with Crippen LogP contribution >= 0.6 is 23.2 Å². The van der Waals surface area contributed by atoms with Gasteiger partial charge in [0.15, 0.2) is 17.6 Å². The number of urea groups is 1. The lowest BCUT2D eigenvalue weighted by atomic mass is 9.92. The highest BCUT2D eigenvalue weighted by Crippen LogP contribution is 2.41. The van der Waals surface area contributed by atoms with Crippen LogP contribution in [-0.2, 0) is 35.6 Å². The Morgan fingerprint density at radius 3 is 2.39 bits per heavy atom. The summed E-state index contributed by atoms with van der Waals surface area (Å²) in [5.41, 5.74) is 8.61. The number of halogens is 2. The zero-order valence-electron chi connectivity index (χ0n) is 33.4. The second-order valence-corrected chi connectivity index (χ2v) is 16.0. The number of amides is 3. The third-order valence-corrected chi connectivity index (χ3v) is 11.6. The van der Waals surface area contributed by atoms with E-state index in [4.69, 9.17) is 37.4 Å². The van der Waals surface area contributed by atoms with Crippen molar-refractivity contribution in [3.05, 3.63) is 171 Å². The number of nitrogens with zero attached hydrogens (tertiary/aromatic N) is 2. The molecule has 3 atom stereocenters. The lowest BCUT2D eigenvalue weighted by molar-refractivity contribution is -0.142. The molecule has 310 valence electrons. The standard InChI is InChI=1S/C48H42Cl2N4O7/c1-28-4-3-5-36(18-28)52-48(58)54-25-35-23-44-43(60-27-45(61-44)33-11-13-37(14-12-33)59-26-31-8-15-39(49)40(50)19-31)22-34(35)21-42(54)46(55)53-41(47(56)57)20-30-6-9-32(10-7-30)38-16-17-51-24-29(38)2/h3-19,22-24,41-42,45H,20-21,25-27H2,1-2H3,(H,52,58)(H,53,55)(H,56,57)/t41-,42-,45+/m0/s1. The molecule has 3 heterocycles. The molecule has 6 aromatic rings. The maximum Gasteiger partial charge on any atom is 0.326 e. The molecule has 0 radical (unpaired) electrons. The van der Waals surface area contributed by atoms with Gasteiger partial charge in [-0.25, -0.2) is 9.59 Å². The second kappa shape index (κ2) is 18.0. The minimum atomic E-state index is -1.25. The first kappa shape index (κ1) is 41.2. The van der Waals surface area contributed by atoms with E-state index in [1.807, 2.05) is 105 Å². The van der Waals surface area contributed by atoms with E-state index in [0.29, 0.717) is 39.6 Å². The summed E-state index contributed by atoms with van der Waals surface area (Å²) in [5.74, 6) is -0.0750. The van der Waals surface area contributed by atoms with Gasteiger partial charge in [-0.05, 0) is 119 Å². The van der Waals surface area contributed by atoms with Crippen LogP contribution in [0.1, 0.15) is 45.0 Å². The highest BCUT2D eigenvalue weighted by molar-refractivity contribution is 6.42. The molecule has 0 saturated heterocycles. The Kier molecular flexibility index (Phi) is 12.1. The van der Waals surface area contributed by atoms with Gasteiger partial charge in [0.2, 0.25) is 5.91 Å². The number of ether oxygens (including phenoxy) is 3. The number of hydrogen-bond acceptors (Lipinski definition) is 7. The normalized spacial score (nSPS) is 15.9. The largest absolute Gasteiger partial charge is 0.489 e. The van der Waals surface area contributed by atoms with E-state index in [1.54, 1.807) is 30.6 Å². The Bertz CT molecular complexity index is 2600. The van der Waals surface area contributed by atoms with Crippen molar-refractivity contribution in [3.63, 3.8) is 0 Å². The van der Waals surface area contributed by atoms with Crippen LogP contribution in [0.15, 0.2) is 122 Å². The smallest absolute Gasteiger partial charge is 0.326 e. The predicted octanol–water partition coefficient (Wildman–Crippen LogP) is 9.53. The number of pyridine rings is 1. The SMILES string of the molecule is Cc1cccc(NC(=O)N2Cc3cc4c(cc3C[C@H]2C(=O)N[C@@H](Cc2ccc(-c3ccncc3C)cc2)C(=O)O)OC[C@H](c2ccc(OCc3ccc(Cl)c(Cl)c3)cc2)O4)c1. The Morgan fingerprint density at radius 1 is 0.885 bits per heavy atom. The van der Waals surface area contributed by atoms with Gasteiger partial charge in [-0.2, -0.15) is 0 Å². The molecular formula is C48H42Cl2N4O7. The van der Waals surface area contributed by atoms with Gasteiger partial charge in [0.1, 0.15) is 31.0 Å².